The average Bonchev–Trinajstić information content (AvgIpc) is 2.93. The van der Waals surface area contributed by atoms with Crippen LogP contribution in [-0.4, -0.2) is 25.1 Å². The molecule has 0 radical (unpaired) electrons. The van der Waals surface area contributed by atoms with E-state index >= 15 is 0 Å². The van der Waals surface area contributed by atoms with E-state index in [2.05, 4.69) is 30.5 Å². The Morgan fingerprint density at radius 2 is 2.10 bits per heavy atom. The summed E-state index contributed by atoms with van der Waals surface area (Å²) in [6, 6.07) is 7.93. The minimum atomic E-state index is 0.605. The molecule has 6 nitrogen and oxygen atoms in total. The van der Waals surface area contributed by atoms with E-state index < -0.39 is 0 Å². The second-order valence-electron chi connectivity index (χ2n) is 4.34. The molecule has 0 spiro atoms. The van der Waals surface area contributed by atoms with Crippen molar-refractivity contribution in [2.75, 3.05) is 5.32 Å². The van der Waals surface area contributed by atoms with Gasteiger partial charge in [0, 0.05) is 23.6 Å². The Morgan fingerprint density at radius 1 is 1.20 bits per heavy atom. The van der Waals surface area contributed by atoms with Gasteiger partial charge in [0.05, 0.1) is 18.4 Å². The largest absolute Gasteiger partial charge is 0.379 e. The maximum atomic E-state index is 4.36. The molecule has 20 heavy (non-hydrogen) atoms. The van der Waals surface area contributed by atoms with E-state index in [1.165, 1.54) is 0 Å². The molecular formula is C14H14N6. The normalized spacial score (nSPS) is 10.4. The van der Waals surface area contributed by atoms with Gasteiger partial charge in [-0.1, -0.05) is 12.1 Å². The first-order valence-electron chi connectivity index (χ1n) is 6.30. The maximum Gasteiger partial charge on any atom is 0.183 e. The summed E-state index contributed by atoms with van der Waals surface area (Å²) in [5.74, 6) is 1.48. The zero-order valence-electron chi connectivity index (χ0n) is 11.0. The van der Waals surface area contributed by atoms with Gasteiger partial charge in [-0.2, -0.15) is 5.10 Å². The summed E-state index contributed by atoms with van der Waals surface area (Å²) >= 11 is 0. The number of hydrogen-bond acceptors (Lipinski definition) is 5. The highest BCUT2D eigenvalue weighted by Crippen LogP contribution is 2.24. The average molecular weight is 266 g/mol. The van der Waals surface area contributed by atoms with Gasteiger partial charge in [-0.05, 0) is 19.1 Å². The van der Waals surface area contributed by atoms with E-state index in [-0.39, 0.29) is 0 Å². The van der Waals surface area contributed by atoms with Crippen LogP contribution >= 0.6 is 0 Å². The number of aromatic amines is 1. The Balaban J connectivity index is 1.83. The van der Waals surface area contributed by atoms with Crippen LogP contribution in [-0.2, 0) is 6.54 Å². The monoisotopic (exact) mass is 266 g/mol. The lowest BCUT2D eigenvalue weighted by Gasteiger charge is -2.09. The molecule has 0 atom stereocenters. The van der Waals surface area contributed by atoms with Crippen LogP contribution in [0, 0.1) is 6.92 Å². The Hall–Kier alpha value is -2.76. The van der Waals surface area contributed by atoms with Crippen molar-refractivity contribution in [3.8, 4) is 11.4 Å². The van der Waals surface area contributed by atoms with Crippen LogP contribution in [0.3, 0.4) is 0 Å². The second kappa shape index (κ2) is 5.48. The molecule has 0 aliphatic heterocycles. The number of nitrogens with one attached hydrogen (secondary N) is 2. The summed E-state index contributed by atoms with van der Waals surface area (Å²) in [5.41, 5.74) is 2.81. The van der Waals surface area contributed by atoms with Crippen molar-refractivity contribution in [3.63, 3.8) is 0 Å². The number of aryl methyl sites for hydroxylation is 1. The number of benzene rings is 1. The molecule has 0 saturated carbocycles. The molecule has 6 heteroatoms. The summed E-state index contributed by atoms with van der Waals surface area (Å²) in [6.45, 7) is 2.49. The molecule has 1 aromatic carbocycles. The van der Waals surface area contributed by atoms with E-state index in [1.807, 2.05) is 31.2 Å². The maximum absolute atomic E-state index is 4.36. The zero-order valence-corrected chi connectivity index (χ0v) is 11.0. The Kier molecular flexibility index (Phi) is 3.36. The molecule has 3 aromatic rings. The van der Waals surface area contributed by atoms with Gasteiger partial charge in [-0.15, -0.1) is 0 Å². The first-order valence-corrected chi connectivity index (χ1v) is 6.30. The quantitative estimate of drug-likeness (QED) is 0.756. The molecule has 0 fully saturated rings. The zero-order chi connectivity index (χ0) is 13.8. The van der Waals surface area contributed by atoms with Gasteiger partial charge in [0.15, 0.2) is 5.82 Å². The summed E-state index contributed by atoms with van der Waals surface area (Å²) in [4.78, 5) is 12.6. The summed E-state index contributed by atoms with van der Waals surface area (Å²) in [7, 11) is 0. The van der Waals surface area contributed by atoms with Crippen molar-refractivity contribution in [3.05, 3.63) is 54.4 Å². The van der Waals surface area contributed by atoms with Crippen LogP contribution < -0.4 is 5.32 Å². The van der Waals surface area contributed by atoms with E-state index in [9.17, 15) is 0 Å². The molecule has 2 heterocycles. The standard InChI is InChI=1S/C14H14N6/c1-10-18-14(20-19-10)12-4-2-3-5-13(12)17-9-11-8-15-6-7-16-11/h2-8,17H,9H2,1H3,(H,18,19,20). The van der Waals surface area contributed by atoms with Gasteiger partial charge in [0.1, 0.15) is 5.82 Å². The molecule has 100 valence electrons. The summed E-state index contributed by atoms with van der Waals surface area (Å²) in [6.07, 6.45) is 5.09. The molecule has 0 unspecified atom stereocenters. The third-order valence-corrected chi connectivity index (χ3v) is 2.84. The Bertz CT molecular complexity index is 692. The smallest absolute Gasteiger partial charge is 0.183 e. The number of nitrogens with zero attached hydrogens (tertiary/aromatic N) is 4. The number of H-pyrrole nitrogens is 1. The van der Waals surface area contributed by atoms with Gasteiger partial charge in [0.2, 0.25) is 0 Å². The van der Waals surface area contributed by atoms with Crippen molar-refractivity contribution in [2.45, 2.75) is 13.5 Å². The van der Waals surface area contributed by atoms with E-state index in [1.54, 1.807) is 18.6 Å². The molecule has 0 aliphatic carbocycles. The second-order valence-corrected chi connectivity index (χ2v) is 4.34. The van der Waals surface area contributed by atoms with Gasteiger partial charge in [0.25, 0.3) is 0 Å². The van der Waals surface area contributed by atoms with Crippen LogP contribution in [0.1, 0.15) is 11.5 Å². The molecule has 2 aromatic heterocycles. The number of anilines is 1. The summed E-state index contributed by atoms with van der Waals surface area (Å²) in [5, 5.41) is 10.4. The van der Waals surface area contributed by atoms with Crippen LogP contribution in [0.2, 0.25) is 0 Å². The molecule has 0 aliphatic rings. The van der Waals surface area contributed by atoms with Gasteiger partial charge in [-0.25, -0.2) is 4.98 Å². The fourth-order valence-corrected chi connectivity index (χ4v) is 1.90. The Labute approximate surface area is 116 Å². The van der Waals surface area contributed by atoms with Crippen molar-refractivity contribution >= 4 is 5.69 Å². The number of rotatable bonds is 4. The van der Waals surface area contributed by atoms with Crippen LogP contribution in [0.5, 0.6) is 0 Å². The molecule has 0 bridgehead atoms. The van der Waals surface area contributed by atoms with E-state index in [4.69, 9.17) is 0 Å². The molecule has 0 saturated heterocycles. The SMILES string of the molecule is Cc1nc(-c2ccccc2NCc2cnccn2)n[nH]1. The van der Waals surface area contributed by atoms with Crippen LogP contribution in [0.4, 0.5) is 5.69 Å². The number of para-hydroxylation sites is 1. The highest BCUT2D eigenvalue weighted by Gasteiger charge is 2.08. The van der Waals surface area contributed by atoms with E-state index in [0.29, 0.717) is 12.4 Å². The lowest BCUT2D eigenvalue weighted by molar-refractivity contribution is 1.01. The molecule has 3 rings (SSSR count). The highest BCUT2D eigenvalue weighted by molar-refractivity contribution is 5.73. The first kappa shape index (κ1) is 12.3. The van der Waals surface area contributed by atoms with Gasteiger partial charge < -0.3 is 5.32 Å². The molecular weight excluding hydrogens is 252 g/mol. The minimum Gasteiger partial charge on any atom is -0.379 e. The lowest BCUT2D eigenvalue weighted by atomic mass is 10.1. The van der Waals surface area contributed by atoms with E-state index in [0.717, 1.165) is 22.8 Å². The van der Waals surface area contributed by atoms with Gasteiger partial charge in [-0.3, -0.25) is 15.1 Å². The molecule has 2 N–H and O–H groups in total. The van der Waals surface area contributed by atoms with Crippen molar-refractivity contribution < 1.29 is 0 Å². The van der Waals surface area contributed by atoms with Crippen molar-refractivity contribution in [1.82, 2.24) is 25.1 Å². The third-order valence-electron chi connectivity index (χ3n) is 2.84. The predicted molar refractivity (Wildman–Crippen MR) is 75.9 cm³/mol. The summed E-state index contributed by atoms with van der Waals surface area (Å²) < 4.78 is 0. The lowest BCUT2D eigenvalue weighted by Crippen LogP contribution is -2.03. The highest BCUT2D eigenvalue weighted by atomic mass is 15.2. The predicted octanol–water partition coefficient (Wildman–Crippen LogP) is 2.18. The topological polar surface area (TPSA) is 79.4 Å². The Morgan fingerprint density at radius 3 is 2.85 bits per heavy atom. The van der Waals surface area contributed by atoms with Crippen molar-refractivity contribution in [2.24, 2.45) is 0 Å². The number of aromatic nitrogens is 5. The number of hydrogen-bond donors (Lipinski definition) is 2. The third kappa shape index (κ3) is 2.64. The van der Waals surface area contributed by atoms with Crippen molar-refractivity contribution in [1.29, 1.82) is 0 Å². The fourth-order valence-electron chi connectivity index (χ4n) is 1.90. The van der Waals surface area contributed by atoms with Gasteiger partial charge >= 0.3 is 0 Å². The first-order chi connectivity index (χ1) is 9.83. The van der Waals surface area contributed by atoms with Crippen LogP contribution in [0.15, 0.2) is 42.9 Å². The molecule has 0 amide bonds. The minimum absolute atomic E-state index is 0.605. The van der Waals surface area contributed by atoms with Crippen LogP contribution in [0.25, 0.3) is 11.4 Å². The fraction of sp³-hybridized carbons (Fsp3) is 0.143.